The molecule has 1 aliphatic rings. The fourth-order valence-electron chi connectivity index (χ4n) is 3.17. The summed E-state index contributed by atoms with van der Waals surface area (Å²) in [5.41, 5.74) is 0.589. The van der Waals surface area contributed by atoms with Gasteiger partial charge < -0.3 is 24.4 Å². The second-order valence-corrected chi connectivity index (χ2v) is 8.49. The molecular weight excluding hydrogens is 464 g/mol. The predicted octanol–water partition coefficient (Wildman–Crippen LogP) is 4.26. The van der Waals surface area contributed by atoms with Gasteiger partial charge in [0.1, 0.15) is 5.75 Å². The van der Waals surface area contributed by atoms with E-state index in [1.165, 1.54) is 0 Å². The van der Waals surface area contributed by atoms with E-state index in [0.29, 0.717) is 43.3 Å². The summed E-state index contributed by atoms with van der Waals surface area (Å²) >= 11 is 3.39. The third kappa shape index (κ3) is 5.98. The minimum atomic E-state index is -1.14. The number of nitrogens with one attached hydrogen (secondary N) is 1. The van der Waals surface area contributed by atoms with Crippen molar-refractivity contribution in [1.82, 2.24) is 0 Å². The number of amides is 1. The molecule has 166 valence electrons. The van der Waals surface area contributed by atoms with Crippen LogP contribution in [0, 0.1) is 0 Å². The molecule has 8 heteroatoms. The van der Waals surface area contributed by atoms with Crippen LogP contribution in [0.25, 0.3) is 0 Å². The SMILES string of the molecule is CCOC(=O)c1ccc(N2CCOCC2)c(NC(=O)C(C)(C)Oc2ccc(Br)cc2)c1. The molecule has 1 saturated heterocycles. The van der Waals surface area contributed by atoms with Crippen LogP contribution in [-0.4, -0.2) is 50.4 Å². The second kappa shape index (κ2) is 10.2. The molecule has 1 fully saturated rings. The van der Waals surface area contributed by atoms with Crippen molar-refractivity contribution in [3.8, 4) is 5.75 Å². The van der Waals surface area contributed by atoms with Gasteiger partial charge in [0.25, 0.3) is 5.91 Å². The second-order valence-electron chi connectivity index (χ2n) is 7.57. The van der Waals surface area contributed by atoms with E-state index in [4.69, 9.17) is 14.2 Å². The van der Waals surface area contributed by atoms with Crippen molar-refractivity contribution in [1.29, 1.82) is 0 Å². The number of carbonyl (C=O) groups is 2. The van der Waals surface area contributed by atoms with Crippen molar-refractivity contribution >= 4 is 39.2 Å². The van der Waals surface area contributed by atoms with Gasteiger partial charge >= 0.3 is 5.97 Å². The average molecular weight is 491 g/mol. The molecule has 0 unspecified atom stereocenters. The van der Waals surface area contributed by atoms with Crippen LogP contribution in [0.1, 0.15) is 31.1 Å². The molecule has 0 saturated carbocycles. The topological polar surface area (TPSA) is 77.1 Å². The first-order chi connectivity index (χ1) is 14.8. The Hall–Kier alpha value is -2.58. The van der Waals surface area contributed by atoms with Crippen molar-refractivity contribution in [2.24, 2.45) is 0 Å². The number of anilines is 2. The Morgan fingerprint density at radius 1 is 1.13 bits per heavy atom. The van der Waals surface area contributed by atoms with E-state index >= 15 is 0 Å². The Kier molecular flexibility index (Phi) is 7.56. The van der Waals surface area contributed by atoms with Crippen LogP contribution in [0.2, 0.25) is 0 Å². The van der Waals surface area contributed by atoms with Crippen molar-refractivity contribution in [2.75, 3.05) is 43.1 Å². The van der Waals surface area contributed by atoms with E-state index < -0.39 is 11.6 Å². The number of ether oxygens (including phenoxy) is 3. The zero-order valence-corrected chi connectivity index (χ0v) is 19.5. The summed E-state index contributed by atoms with van der Waals surface area (Å²) in [6.07, 6.45) is 0. The summed E-state index contributed by atoms with van der Waals surface area (Å²) in [5, 5.41) is 2.95. The maximum absolute atomic E-state index is 13.1. The number of morpholine rings is 1. The molecule has 3 rings (SSSR count). The highest BCUT2D eigenvalue weighted by Gasteiger charge is 2.31. The monoisotopic (exact) mass is 490 g/mol. The first kappa shape index (κ1) is 23.1. The van der Waals surface area contributed by atoms with E-state index in [9.17, 15) is 9.59 Å². The van der Waals surface area contributed by atoms with Gasteiger partial charge in [0.15, 0.2) is 5.60 Å². The predicted molar refractivity (Wildman–Crippen MR) is 123 cm³/mol. The van der Waals surface area contributed by atoms with Crippen LogP contribution in [0.3, 0.4) is 0 Å². The molecule has 2 aromatic carbocycles. The highest BCUT2D eigenvalue weighted by atomic mass is 79.9. The van der Waals surface area contributed by atoms with E-state index in [-0.39, 0.29) is 12.5 Å². The number of esters is 1. The van der Waals surface area contributed by atoms with E-state index in [1.54, 1.807) is 45.0 Å². The lowest BCUT2D eigenvalue weighted by atomic mass is 10.1. The zero-order chi connectivity index (χ0) is 22.4. The summed E-state index contributed by atoms with van der Waals surface area (Å²) in [5.74, 6) is -0.181. The molecule has 0 atom stereocenters. The molecule has 0 aliphatic carbocycles. The molecule has 0 aromatic heterocycles. The highest BCUT2D eigenvalue weighted by Crippen LogP contribution is 2.30. The maximum atomic E-state index is 13.1. The van der Waals surface area contributed by atoms with Gasteiger partial charge in [0.05, 0.1) is 36.8 Å². The van der Waals surface area contributed by atoms with Gasteiger partial charge in [-0.3, -0.25) is 4.79 Å². The Morgan fingerprint density at radius 3 is 2.45 bits per heavy atom. The molecule has 31 heavy (non-hydrogen) atoms. The number of halogens is 1. The van der Waals surface area contributed by atoms with Gasteiger partial charge in [0, 0.05) is 17.6 Å². The summed E-state index contributed by atoms with van der Waals surface area (Å²) < 4.78 is 17.4. The van der Waals surface area contributed by atoms with Crippen molar-refractivity contribution < 1.29 is 23.8 Å². The molecular formula is C23H27BrN2O5. The highest BCUT2D eigenvalue weighted by molar-refractivity contribution is 9.10. The van der Waals surface area contributed by atoms with E-state index in [1.807, 2.05) is 18.2 Å². The van der Waals surface area contributed by atoms with Gasteiger partial charge in [-0.2, -0.15) is 0 Å². The Balaban J connectivity index is 1.85. The zero-order valence-electron chi connectivity index (χ0n) is 17.9. The largest absolute Gasteiger partial charge is 0.478 e. The van der Waals surface area contributed by atoms with E-state index in [0.717, 1.165) is 10.2 Å². The van der Waals surface area contributed by atoms with Crippen molar-refractivity contribution in [2.45, 2.75) is 26.4 Å². The molecule has 0 bridgehead atoms. The summed E-state index contributed by atoms with van der Waals surface area (Å²) in [4.78, 5) is 27.5. The fraction of sp³-hybridized carbons (Fsp3) is 0.391. The quantitative estimate of drug-likeness (QED) is 0.584. The summed E-state index contributed by atoms with van der Waals surface area (Å²) in [6.45, 7) is 8.03. The molecule has 0 radical (unpaired) electrons. The van der Waals surface area contributed by atoms with Crippen LogP contribution in [-0.2, 0) is 14.3 Å². The Morgan fingerprint density at radius 2 is 1.81 bits per heavy atom. The van der Waals surface area contributed by atoms with Crippen LogP contribution >= 0.6 is 15.9 Å². The van der Waals surface area contributed by atoms with Gasteiger partial charge in [0.2, 0.25) is 0 Å². The van der Waals surface area contributed by atoms with Gasteiger partial charge in [-0.25, -0.2) is 4.79 Å². The molecule has 7 nitrogen and oxygen atoms in total. The minimum absolute atomic E-state index is 0.278. The lowest BCUT2D eigenvalue weighted by molar-refractivity contribution is -0.128. The molecule has 1 heterocycles. The Bertz CT molecular complexity index is 924. The summed E-state index contributed by atoms with van der Waals surface area (Å²) in [6, 6.07) is 12.5. The minimum Gasteiger partial charge on any atom is -0.478 e. The first-order valence-corrected chi connectivity index (χ1v) is 11.0. The number of nitrogens with zero attached hydrogens (tertiary/aromatic N) is 1. The Labute approximate surface area is 190 Å². The van der Waals surface area contributed by atoms with Gasteiger partial charge in [-0.15, -0.1) is 0 Å². The van der Waals surface area contributed by atoms with Crippen LogP contribution in [0.15, 0.2) is 46.9 Å². The number of benzene rings is 2. The lowest BCUT2D eigenvalue weighted by Crippen LogP contribution is -2.43. The molecule has 1 aliphatic heterocycles. The van der Waals surface area contributed by atoms with E-state index in [2.05, 4.69) is 26.1 Å². The molecule has 0 spiro atoms. The number of hydrogen-bond donors (Lipinski definition) is 1. The summed E-state index contributed by atoms with van der Waals surface area (Å²) in [7, 11) is 0. The van der Waals surface area contributed by atoms with Crippen molar-refractivity contribution in [3.05, 3.63) is 52.5 Å². The average Bonchev–Trinajstić information content (AvgIpc) is 2.76. The molecule has 1 amide bonds. The maximum Gasteiger partial charge on any atom is 0.338 e. The van der Waals surface area contributed by atoms with Crippen LogP contribution in [0.4, 0.5) is 11.4 Å². The van der Waals surface area contributed by atoms with Crippen LogP contribution in [0.5, 0.6) is 5.75 Å². The van der Waals surface area contributed by atoms with Crippen molar-refractivity contribution in [3.63, 3.8) is 0 Å². The van der Waals surface area contributed by atoms with Crippen LogP contribution < -0.4 is 15.0 Å². The molecule has 2 aromatic rings. The van der Waals surface area contributed by atoms with Gasteiger partial charge in [-0.1, -0.05) is 15.9 Å². The number of hydrogen-bond acceptors (Lipinski definition) is 6. The standard InChI is InChI=1S/C23H27BrN2O5/c1-4-30-21(27)16-5-10-20(26-11-13-29-14-12-26)19(15-16)25-22(28)23(2,3)31-18-8-6-17(24)7-9-18/h5-10,15H,4,11-14H2,1-3H3,(H,25,28). The van der Waals surface area contributed by atoms with Gasteiger partial charge in [-0.05, 0) is 63.2 Å². The number of carbonyl (C=O) groups excluding carboxylic acids is 2. The molecule has 1 N–H and O–H groups in total. The smallest absolute Gasteiger partial charge is 0.338 e. The first-order valence-electron chi connectivity index (χ1n) is 10.2. The third-order valence-corrected chi connectivity index (χ3v) is 5.37. The lowest BCUT2D eigenvalue weighted by Gasteiger charge is -2.32. The number of rotatable bonds is 7. The third-order valence-electron chi connectivity index (χ3n) is 4.84. The normalized spacial score (nSPS) is 14.1. The fourth-order valence-corrected chi connectivity index (χ4v) is 3.44.